The summed E-state index contributed by atoms with van der Waals surface area (Å²) in [5.41, 5.74) is 3.50. The fourth-order valence-corrected chi connectivity index (χ4v) is 9.67. The van der Waals surface area contributed by atoms with Crippen molar-refractivity contribution >= 4 is 35.2 Å². The number of anilines is 1. The quantitative estimate of drug-likeness (QED) is 0.405. The number of carbonyl (C=O) groups excluding carboxylic acids is 3. The number of thioether (sulfide) groups is 1. The third-order valence-electron chi connectivity index (χ3n) is 9.34. The van der Waals surface area contributed by atoms with Gasteiger partial charge in [-0.1, -0.05) is 72.8 Å². The second kappa shape index (κ2) is 11.0. The van der Waals surface area contributed by atoms with Crippen molar-refractivity contribution in [2.24, 2.45) is 11.8 Å². The minimum absolute atomic E-state index is 0.209. The third kappa shape index (κ3) is 4.42. The number of hydrogen-bond donors (Lipinski definition) is 1. The zero-order chi connectivity index (χ0) is 29.6. The van der Waals surface area contributed by atoms with Crippen LogP contribution in [0, 0.1) is 25.7 Å². The number of benzene rings is 2. The van der Waals surface area contributed by atoms with Crippen molar-refractivity contribution in [3.8, 4) is 0 Å². The largest absolute Gasteiger partial charge is 0.465 e. The molecule has 2 aromatic rings. The molecule has 42 heavy (non-hydrogen) atoms. The van der Waals surface area contributed by atoms with E-state index in [-0.39, 0.29) is 18.4 Å². The van der Waals surface area contributed by atoms with Gasteiger partial charge in [0.25, 0.3) is 5.91 Å². The first-order chi connectivity index (χ1) is 20.2. The maximum atomic E-state index is 15.0. The van der Waals surface area contributed by atoms with Crippen LogP contribution in [0.4, 0.5) is 5.69 Å². The van der Waals surface area contributed by atoms with Gasteiger partial charge in [-0.15, -0.1) is 11.8 Å². The number of aliphatic hydroxyl groups is 1. The molecule has 2 aromatic carbocycles. The van der Waals surface area contributed by atoms with E-state index in [4.69, 9.17) is 4.74 Å². The molecule has 4 aliphatic rings. The molecule has 0 bridgehead atoms. The Bertz CT molecular complexity index is 1440. The van der Waals surface area contributed by atoms with Crippen molar-refractivity contribution in [3.63, 3.8) is 0 Å². The van der Waals surface area contributed by atoms with Gasteiger partial charge in [-0.05, 0) is 56.7 Å². The predicted molar refractivity (Wildman–Crippen MR) is 164 cm³/mol. The van der Waals surface area contributed by atoms with Crippen LogP contribution in [0.5, 0.6) is 0 Å². The van der Waals surface area contributed by atoms with E-state index >= 15 is 0 Å². The number of rotatable bonds is 4. The standard InChI is InChI=1S/C34H38N2O5S/c1-22-13-11-14-23(2)28(22)35-19-12-18-34-26(27-32(40)41-20-10-5-4-9-17-33(27,3)42-34)30(38)36(29(34)31(35)39)25(21-37)24-15-7-6-8-16-24/h6-9,11-18,25-27,29,37H,4-5,10,19-21H2,1-3H3/b17-9-/t25-,26+,27+,29?,33-,34+/m1/s1. The van der Waals surface area contributed by atoms with E-state index in [0.717, 1.165) is 41.6 Å². The molecule has 4 heterocycles. The molecule has 1 spiro atoms. The van der Waals surface area contributed by atoms with Gasteiger partial charge in [-0.2, -0.15) is 0 Å². The van der Waals surface area contributed by atoms with Crippen LogP contribution in [0.25, 0.3) is 0 Å². The molecule has 2 saturated heterocycles. The molecule has 0 saturated carbocycles. The Balaban J connectivity index is 1.56. The van der Waals surface area contributed by atoms with E-state index in [0.29, 0.717) is 13.2 Å². The molecular formula is C34H38N2O5S. The van der Waals surface area contributed by atoms with Gasteiger partial charge in [0.05, 0.1) is 35.8 Å². The van der Waals surface area contributed by atoms with Gasteiger partial charge in [0, 0.05) is 17.0 Å². The van der Waals surface area contributed by atoms with E-state index in [1.54, 1.807) is 9.80 Å². The molecule has 0 radical (unpaired) electrons. The van der Waals surface area contributed by atoms with E-state index in [9.17, 15) is 19.5 Å². The molecule has 2 amide bonds. The average molecular weight is 587 g/mol. The first-order valence-electron chi connectivity index (χ1n) is 14.8. The van der Waals surface area contributed by atoms with Gasteiger partial charge < -0.3 is 19.6 Å². The fourth-order valence-electron chi connectivity index (χ4n) is 7.53. The van der Waals surface area contributed by atoms with Gasteiger partial charge in [0.15, 0.2) is 0 Å². The summed E-state index contributed by atoms with van der Waals surface area (Å²) in [6, 6.07) is 13.6. The summed E-state index contributed by atoms with van der Waals surface area (Å²) in [7, 11) is 0. The number of aryl methyl sites for hydroxylation is 2. The number of carbonyl (C=O) groups is 3. The lowest BCUT2D eigenvalue weighted by molar-refractivity contribution is -0.154. The Morgan fingerprint density at radius 3 is 2.40 bits per heavy atom. The fraction of sp³-hybridized carbons (Fsp3) is 0.441. The van der Waals surface area contributed by atoms with E-state index in [1.165, 1.54) is 11.8 Å². The maximum Gasteiger partial charge on any atom is 0.311 e. The minimum atomic E-state index is -1.03. The molecule has 6 atom stereocenters. The van der Waals surface area contributed by atoms with E-state index < -0.39 is 39.4 Å². The summed E-state index contributed by atoms with van der Waals surface area (Å²) < 4.78 is 4.01. The van der Waals surface area contributed by atoms with Crippen molar-refractivity contribution in [3.05, 3.63) is 89.5 Å². The Kier molecular flexibility index (Phi) is 7.56. The molecule has 1 N–H and O–H groups in total. The van der Waals surface area contributed by atoms with Crippen LogP contribution in [-0.2, 0) is 19.1 Å². The molecule has 7 nitrogen and oxygen atoms in total. The maximum absolute atomic E-state index is 15.0. The topological polar surface area (TPSA) is 87.2 Å². The summed E-state index contributed by atoms with van der Waals surface area (Å²) in [5, 5.41) is 10.8. The Labute approximate surface area is 251 Å². The van der Waals surface area contributed by atoms with Crippen molar-refractivity contribution in [1.29, 1.82) is 0 Å². The van der Waals surface area contributed by atoms with Gasteiger partial charge in [0.2, 0.25) is 5.91 Å². The van der Waals surface area contributed by atoms with Gasteiger partial charge in [-0.3, -0.25) is 14.4 Å². The van der Waals surface area contributed by atoms with E-state index in [2.05, 4.69) is 12.2 Å². The summed E-state index contributed by atoms with van der Waals surface area (Å²) >= 11 is 1.53. The molecule has 8 heteroatoms. The lowest BCUT2D eigenvalue weighted by Crippen LogP contribution is -2.55. The summed E-state index contributed by atoms with van der Waals surface area (Å²) in [5.74, 6) is -2.52. The number of hydrogen-bond acceptors (Lipinski definition) is 6. The molecular weight excluding hydrogens is 548 g/mol. The van der Waals surface area contributed by atoms with Crippen LogP contribution in [-0.4, -0.2) is 63.1 Å². The third-order valence-corrected chi connectivity index (χ3v) is 11.1. The number of fused-ring (bicyclic) bond motifs is 2. The lowest BCUT2D eigenvalue weighted by atomic mass is 9.74. The first kappa shape index (κ1) is 28.7. The van der Waals surface area contributed by atoms with Crippen LogP contribution in [0.2, 0.25) is 0 Å². The second-order valence-electron chi connectivity index (χ2n) is 12.0. The monoisotopic (exact) mass is 586 g/mol. The molecule has 6 rings (SSSR count). The van der Waals surface area contributed by atoms with Crippen LogP contribution in [0.15, 0.2) is 72.8 Å². The highest BCUT2D eigenvalue weighted by atomic mass is 32.2. The molecule has 0 aromatic heterocycles. The lowest BCUT2D eigenvalue weighted by Gasteiger charge is -2.40. The molecule has 4 aliphatic heterocycles. The first-order valence-corrected chi connectivity index (χ1v) is 15.6. The average Bonchev–Trinajstić information content (AvgIpc) is 3.30. The Morgan fingerprint density at radius 1 is 0.952 bits per heavy atom. The van der Waals surface area contributed by atoms with Gasteiger partial charge in [-0.25, -0.2) is 0 Å². The predicted octanol–water partition coefficient (Wildman–Crippen LogP) is 4.91. The highest BCUT2D eigenvalue weighted by Gasteiger charge is 2.74. The number of para-hydroxylation sites is 1. The van der Waals surface area contributed by atoms with Crippen molar-refractivity contribution in [2.75, 3.05) is 24.7 Å². The number of amides is 2. The normalized spacial score (nSPS) is 32.5. The molecule has 220 valence electrons. The van der Waals surface area contributed by atoms with Gasteiger partial charge in [0.1, 0.15) is 6.04 Å². The van der Waals surface area contributed by atoms with Gasteiger partial charge >= 0.3 is 5.97 Å². The number of esters is 1. The molecule has 1 unspecified atom stereocenters. The Morgan fingerprint density at radius 2 is 1.69 bits per heavy atom. The van der Waals surface area contributed by atoms with Crippen molar-refractivity contribution in [1.82, 2.24) is 4.90 Å². The van der Waals surface area contributed by atoms with Crippen LogP contribution in [0.3, 0.4) is 0 Å². The number of cyclic esters (lactones) is 1. The molecule has 0 aliphatic carbocycles. The zero-order valence-corrected chi connectivity index (χ0v) is 25.2. The number of allylic oxidation sites excluding steroid dienone is 1. The number of aliphatic hydroxyl groups excluding tert-OH is 1. The van der Waals surface area contributed by atoms with Crippen LogP contribution < -0.4 is 4.90 Å². The SMILES string of the molecule is Cc1cccc(C)c1N1CC=C[C@]23S[C@]4(C)/C=C\CCCCOC(=O)[C@@H]4[C@H]2C(=O)N([C@H](CO)c2ccccc2)C3C1=O. The molecule has 2 fully saturated rings. The second-order valence-corrected chi connectivity index (χ2v) is 13.8. The number of nitrogens with zero attached hydrogens (tertiary/aromatic N) is 2. The zero-order valence-electron chi connectivity index (χ0n) is 24.4. The van der Waals surface area contributed by atoms with Crippen molar-refractivity contribution in [2.45, 2.75) is 61.6 Å². The number of ether oxygens (including phenoxy) is 1. The highest BCUT2D eigenvalue weighted by molar-refractivity contribution is 8.02. The number of likely N-dealkylation sites (tertiary alicyclic amines) is 1. The Hall–Kier alpha value is -3.36. The minimum Gasteiger partial charge on any atom is -0.465 e. The smallest absolute Gasteiger partial charge is 0.311 e. The van der Waals surface area contributed by atoms with Crippen LogP contribution >= 0.6 is 11.8 Å². The summed E-state index contributed by atoms with van der Waals surface area (Å²) in [6.07, 6.45) is 10.7. The summed E-state index contributed by atoms with van der Waals surface area (Å²) in [6.45, 7) is 6.27. The highest BCUT2D eigenvalue weighted by Crippen LogP contribution is 2.66. The van der Waals surface area contributed by atoms with E-state index in [1.807, 2.05) is 81.5 Å². The summed E-state index contributed by atoms with van der Waals surface area (Å²) in [4.78, 5) is 47.0. The van der Waals surface area contributed by atoms with Crippen molar-refractivity contribution < 1.29 is 24.2 Å². The van der Waals surface area contributed by atoms with Crippen LogP contribution in [0.1, 0.15) is 48.9 Å².